The van der Waals surface area contributed by atoms with Crippen LogP contribution < -0.4 is 4.74 Å². The summed E-state index contributed by atoms with van der Waals surface area (Å²) in [6.45, 7) is 4.00. The molecular weight excluding hydrogens is 224 g/mol. The van der Waals surface area contributed by atoms with Crippen LogP contribution >= 0.6 is 0 Å². The number of imidazole rings is 1. The highest BCUT2D eigenvalue weighted by Gasteiger charge is 2.02. The topological polar surface area (TPSA) is 37.9 Å². The number of nitrogens with zero attached hydrogens (tertiary/aromatic N) is 1. The zero-order valence-corrected chi connectivity index (χ0v) is 10.4. The number of aryl methyl sites for hydroxylation is 2. The van der Waals surface area contributed by atoms with E-state index < -0.39 is 0 Å². The SMILES string of the molecule is Cc1ccc(Oc2ccc3nc(C)[nH]c3c2)cc1. The Morgan fingerprint density at radius 1 is 0.944 bits per heavy atom. The molecule has 0 aliphatic heterocycles. The summed E-state index contributed by atoms with van der Waals surface area (Å²) in [5.41, 5.74) is 3.18. The standard InChI is InChI=1S/C15H14N2O/c1-10-3-5-12(6-4-10)18-13-7-8-14-15(9-13)17-11(2)16-14/h3-9H,1-2H3,(H,16,17). The molecule has 0 aliphatic rings. The minimum atomic E-state index is 0.815. The van der Waals surface area contributed by atoms with Crippen LogP contribution in [0.4, 0.5) is 0 Å². The van der Waals surface area contributed by atoms with Crippen molar-refractivity contribution < 1.29 is 4.74 Å². The maximum atomic E-state index is 5.80. The molecule has 1 aromatic heterocycles. The fourth-order valence-corrected chi connectivity index (χ4v) is 1.92. The van der Waals surface area contributed by atoms with Crippen molar-refractivity contribution in [1.29, 1.82) is 0 Å². The Hall–Kier alpha value is -2.29. The van der Waals surface area contributed by atoms with Gasteiger partial charge in [0.25, 0.3) is 0 Å². The smallest absolute Gasteiger partial charge is 0.129 e. The van der Waals surface area contributed by atoms with Gasteiger partial charge in [-0.15, -0.1) is 0 Å². The number of hydrogen-bond acceptors (Lipinski definition) is 2. The maximum absolute atomic E-state index is 5.80. The molecule has 18 heavy (non-hydrogen) atoms. The molecular formula is C15H14N2O. The third kappa shape index (κ3) is 2.07. The van der Waals surface area contributed by atoms with Crippen LogP contribution in [-0.2, 0) is 0 Å². The summed E-state index contributed by atoms with van der Waals surface area (Å²) in [6.07, 6.45) is 0. The largest absolute Gasteiger partial charge is 0.457 e. The van der Waals surface area contributed by atoms with Gasteiger partial charge in [0, 0.05) is 6.07 Å². The van der Waals surface area contributed by atoms with E-state index in [-0.39, 0.29) is 0 Å². The normalized spacial score (nSPS) is 10.8. The number of H-pyrrole nitrogens is 1. The quantitative estimate of drug-likeness (QED) is 0.733. The van der Waals surface area contributed by atoms with Gasteiger partial charge in [-0.05, 0) is 38.1 Å². The first-order valence-electron chi connectivity index (χ1n) is 5.91. The van der Waals surface area contributed by atoms with Gasteiger partial charge in [0.2, 0.25) is 0 Å². The molecule has 0 bridgehead atoms. The Morgan fingerprint density at radius 2 is 1.67 bits per heavy atom. The van der Waals surface area contributed by atoms with Gasteiger partial charge >= 0.3 is 0 Å². The number of rotatable bonds is 2. The molecule has 0 radical (unpaired) electrons. The third-order valence-electron chi connectivity index (χ3n) is 2.83. The lowest BCUT2D eigenvalue weighted by molar-refractivity contribution is 0.483. The molecule has 0 unspecified atom stereocenters. The van der Waals surface area contributed by atoms with Crippen LogP contribution in [0.15, 0.2) is 42.5 Å². The summed E-state index contributed by atoms with van der Waals surface area (Å²) in [6, 6.07) is 13.9. The summed E-state index contributed by atoms with van der Waals surface area (Å²) < 4.78 is 5.80. The number of ether oxygens (including phenoxy) is 1. The number of hydrogen-bond donors (Lipinski definition) is 1. The Labute approximate surface area is 105 Å². The molecule has 0 atom stereocenters. The second kappa shape index (κ2) is 4.18. The Balaban J connectivity index is 1.92. The van der Waals surface area contributed by atoms with Crippen LogP contribution in [0.25, 0.3) is 11.0 Å². The fourth-order valence-electron chi connectivity index (χ4n) is 1.92. The lowest BCUT2D eigenvalue weighted by Crippen LogP contribution is -1.84. The van der Waals surface area contributed by atoms with Crippen LogP contribution in [0.2, 0.25) is 0 Å². The Kier molecular flexibility index (Phi) is 2.52. The zero-order chi connectivity index (χ0) is 12.5. The predicted octanol–water partition coefficient (Wildman–Crippen LogP) is 3.97. The van der Waals surface area contributed by atoms with E-state index in [0.29, 0.717) is 0 Å². The number of benzene rings is 2. The molecule has 0 amide bonds. The first kappa shape index (κ1) is 10.8. The second-order valence-corrected chi connectivity index (χ2v) is 4.42. The number of nitrogens with one attached hydrogen (secondary N) is 1. The molecule has 3 nitrogen and oxygen atoms in total. The van der Waals surface area contributed by atoms with Gasteiger partial charge in [-0.1, -0.05) is 17.7 Å². The van der Waals surface area contributed by atoms with Crippen LogP contribution in [0.3, 0.4) is 0 Å². The van der Waals surface area contributed by atoms with Crippen molar-refractivity contribution in [3.05, 3.63) is 53.9 Å². The van der Waals surface area contributed by atoms with Gasteiger partial charge in [-0.3, -0.25) is 0 Å². The van der Waals surface area contributed by atoms with Crippen molar-refractivity contribution in [3.63, 3.8) is 0 Å². The van der Waals surface area contributed by atoms with Crippen LogP contribution in [0.5, 0.6) is 11.5 Å². The van der Waals surface area contributed by atoms with E-state index in [4.69, 9.17) is 4.74 Å². The van der Waals surface area contributed by atoms with E-state index in [1.54, 1.807) is 0 Å². The van der Waals surface area contributed by atoms with Crippen molar-refractivity contribution in [2.45, 2.75) is 13.8 Å². The molecule has 0 saturated heterocycles. The third-order valence-corrected chi connectivity index (χ3v) is 2.83. The van der Waals surface area contributed by atoms with Gasteiger partial charge in [-0.25, -0.2) is 4.98 Å². The van der Waals surface area contributed by atoms with Crippen molar-refractivity contribution in [3.8, 4) is 11.5 Å². The molecule has 3 rings (SSSR count). The number of aromatic nitrogens is 2. The number of fused-ring (bicyclic) bond motifs is 1. The maximum Gasteiger partial charge on any atom is 0.129 e. The average Bonchev–Trinajstić information content (AvgIpc) is 2.71. The van der Waals surface area contributed by atoms with Crippen molar-refractivity contribution >= 4 is 11.0 Å². The van der Waals surface area contributed by atoms with Gasteiger partial charge in [-0.2, -0.15) is 0 Å². The van der Waals surface area contributed by atoms with Crippen molar-refractivity contribution in [2.75, 3.05) is 0 Å². The lowest BCUT2D eigenvalue weighted by atomic mass is 10.2. The Bertz CT molecular complexity index is 683. The Morgan fingerprint density at radius 3 is 2.44 bits per heavy atom. The first-order valence-corrected chi connectivity index (χ1v) is 5.91. The molecule has 3 aromatic rings. The molecule has 1 heterocycles. The van der Waals surface area contributed by atoms with E-state index in [1.807, 2.05) is 49.4 Å². The van der Waals surface area contributed by atoms with Crippen molar-refractivity contribution in [2.24, 2.45) is 0 Å². The molecule has 0 aliphatic carbocycles. The minimum Gasteiger partial charge on any atom is -0.457 e. The van der Waals surface area contributed by atoms with E-state index in [0.717, 1.165) is 28.4 Å². The molecule has 0 spiro atoms. The zero-order valence-electron chi connectivity index (χ0n) is 10.4. The molecule has 90 valence electrons. The van der Waals surface area contributed by atoms with Crippen LogP contribution in [-0.4, -0.2) is 9.97 Å². The average molecular weight is 238 g/mol. The fraction of sp³-hybridized carbons (Fsp3) is 0.133. The summed E-state index contributed by atoms with van der Waals surface area (Å²) in [5, 5.41) is 0. The molecule has 2 aromatic carbocycles. The molecule has 0 saturated carbocycles. The summed E-state index contributed by atoms with van der Waals surface area (Å²) in [7, 11) is 0. The van der Waals surface area contributed by atoms with E-state index in [9.17, 15) is 0 Å². The highest BCUT2D eigenvalue weighted by molar-refractivity contribution is 5.76. The molecule has 0 fully saturated rings. The van der Waals surface area contributed by atoms with Gasteiger partial charge in [0.15, 0.2) is 0 Å². The predicted molar refractivity (Wildman–Crippen MR) is 72.1 cm³/mol. The van der Waals surface area contributed by atoms with E-state index in [1.165, 1.54) is 5.56 Å². The van der Waals surface area contributed by atoms with E-state index in [2.05, 4.69) is 16.9 Å². The summed E-state index contributed by atoms with van der Waals surface area (Å²) >= 11 is 0. The van der Waals surface area contributed by atoms with Gasteiger partial charge in [0.1, 0.15) is 17.3 Å². The summed E-state index contributed by atoms with van der Waals surface area (Å²) in [4.78, 5) is 7.56. The molecule has 3 heteroatoms. The highest BCUT2D eigenvalue weighted by atomic mass is 16.5. The monoisotopic (exact) mass is 238 g/mol. The second-order valence-electron chi connectivity index (χ2n) is 4.42. The highest BCUT2D eigenvalue weighted by Crippen LogP contribution is 2.24. The van der Waals surface area contributed by atoms with Crippen molar-refractivity contribution in [1.82, 2.24) is 9.97 Å². The number of aromatic amines is 1. The minimum absolute atomic E-state index is 0.815. The first-order chi connectivity index (χ1) is 8.70. The molecule has 1 N–H and O–H groups in total. The lowest BCUT2D eigenvalue weighted by Gasteiger charge is -2.05. The van der Waals surface area contributed by atoms with Gasteiger partial charge < -0.3 is 9.72 Å². The van der Waals surface area contributed by atoms with E-state index >= 15 is 0 Å². The van der Waals surface area contributed by atoms with Crippen LogP contribution in [0.1, 0.15) is 11.4 Å². The van der Waals surface area contributed by atoms with Crippen LogP contribution in [0, 0.1) is 13.8 Å². The van der Waals surface area contributed by atoms with Gasteiger partial charge in [0.05, 0.1) is 11.0 Å². The summed E-state index contributed by atoms with van der Waals surface area (Å²) in [5.74, 6) is 2.57.